The second-order valence-electron chi connectivity index (χ2n) is 12.6. The lowest BCUT2D eigenvalue weighted by atomic mass is 9.95. The number of methoxy groups -OCH3 is 5. The molecular formula is C38H47N3O8. The minimum absolute atomic E-state index is 0.0984. The maximum Gasteiger partial charge on any atom is 0.243 e. The molecule has 0 unspecified atom stereocenters. The molecule has 3 aromatic carbocycles. The molecule has 0 aromatic heterocycles. The standard InChI is InChI=1S/C38H47N3O8/c1-9-20(2)35(38(44)41-27-13-10-22-16-31(45-4)32(46-5)19-25(22)27)40-29-15-12-24-26(18-30(29)43)28(39-21(3)42)14-11-23-17-33(47-6)36(48-7)37(49-8)34(23)24/h12,15-20,27-28,35H,9-11,13-14H2,1-8H3,(H,39,42)(H,40,43)(H,41,44)/t20-,27+,28+,35+/m1/s1. The van der Waals surface area contributed by atoms with Crippen LogP contribution in [0.25, 0.3) is 11.1 Å². The van der Waals surface area contributed by atoms with Crippen LogP contribution in [-0.2, 0) is 22.4 Å². The first-order valence-electron chi connectivity index (χ1n) is 16.7. The molecule has 3 N–H and O–H groups in total. The highest BCUT2D eigenvalue weighted by Crippen LogP contribution is 2.50. The van der Waals surface area contributed by atoms with Gasteiger partial charge >= 0.3 is 0 Å². The van der Waals surface area contributed by atoms with Crippen molar-refractivity contribution in [1.82, 2.24) is 10.6 Å². The highest BCUT2D eigenvalue weighted by molar-refractivity contribution is 5.86. The monoisotopic (exact) mass is 673 g/mol. The maximum atomic E-state index is 14.0. The largest absolute Gasteiger partial charge is 0.493 e. The van der Waals surface area contributed by atoms with E-state index >= 15 is 0 Å². The Kier molecular flexibility index (Phi) is 10.9. The summed E-state index contributed by atoms with van der Waals surface area (Å²) < 4.78 is 28.2. The van der Waals surface area contributed by atoms with Gasteiger partial charge in [0, 0.05) is 12.5 Å². The number of rotatable bonds is 12. The number of carbonyl (C=O) groups is 2. The third-order valence-corrected chi connectivity index (χ3v) is 9.76. The first kappa shape index (κ1) is 35.4. The number of carbonyl (C=O) groups excluding carboxylic acids is 2. The van der Waals surface area contributed by atoms with E-state index < -0.39 is 12.1 Å². The first-order chi connectivity index (χ1) is 23.6. The Labute approximate surface area is 287 Å². The van der Waals surface area contributed by atoms with E-state index in [4.69, 9.17) is 23.7 Å². The van der Waals surface area contributed by atoms with Crippen LogP contribution >= 0.6 is 0 Å². The summed E-state index contributed by atoms with van der Waals surface area (Å²) in [6, 6.07) is 9.59. The van der Waals surface area contributed by atoms with Gasteiger partial charge in [0.05, 0.1) is 53.3 Å². The van der Waals surface area contributed by atoms with Crippen LogP contribution in [0.15, 0.2) is 41.2 Å². The van der Waals surface area contributed by atoms with Crippen LogP contribution in [-0.4, -0.2) is 53.4 Å². The molecule has 0 fully saturated rings. The number of nitrogens with one attached hydrogen (secondary N) is 3. The lowest BCUT2D eigenvalue weighted by molar-refractivity contribution is -0.123. The van der Waals surface area contributed by atoms with Crippen LogP contribution in [0.4, 0.5) is 5.69 Å². The molecule has 0 radical (unpaired) electrons. The molecule has 0 aliphatic heterocycles. The SMILES string of the molecule is CC[C@@H](C)[C@H](Nc1ccc2c(cc1=O)[C@@H](NC(C)=O)CCc1cc(OC)c(OC)c(OC)c1-2)C(=O)N[C@H]1CCc2cc(OC)c(OC)cc21. The zero-order valence-corrected chi connectivity index (χ0v) is 29.6. The molecule has 2 aliphatic carbocycles. The fourth-order valence-electron chi connectivity index (χ4n) is 7.04. The lowest BCUT2D eigenvalue weighted by Crippen LogP contribution is -2.45. The summed E-state index contributed by atoms with van der Waals surface area (Å²) in [5.74, 6) is 2.18. The van der Waals surface area contributed by atoms with E-state index in [0.29, 0.717) is 59.1 Å². The van der Waals surface area contributed by atoms with Gasteiger partial charge in [0.1, 0.15) is 6.04 Å². The van der Waals surface area contributed by atoms with Gasteiger partial charge in [0.2, 0.25) is 23.0 Å². The number of hydrogen-bond donors (Lipinski definition) is 3. The maximum absolute atomic E-state index is 14.0. The number of amides is 2. The summed E-state index contributed by atoms with van der Waals surface area (Å²) in [6.07, 6.45) is 3.38. The third kappa shape index (κ3) is 6.97. The molecule has 11 nitrogen and oxygen atoms in total. The zero-order chi connectivity index (χ0) is 35.4. The van der Waals surface area contributed by atoms with Crippen LogP contribution in [0, 0.1) is 5.92 Å². The van der Waals surface area contributed by atoms with E-state index in [1.54, 1.807) is 47.7 Å². The van der Waals surface area contributed by atoms with Crippen molar-refractivity contribution in [3.05, 3.63) is 68.9 Å². The Morgan fingerprint density at radius 3 is 2.00 bits per heavy atom. The Balaban J connectivity index is 1.56. The molecule has 0 saturated carbocycles. The summed E-state index contributed by atoms with van der Waals surface area (Å²) in [5, 5.41) is 9.59. The van der Waals surface area contributed by atoms with Gasteiger partial charge in [-0.2, -0.15) is 0 Å². The predicted octanol–water partition coefficient (Wildman–Crippen LogP) is 5.51. The van der Waals surface area contributed by atoms with Gasteiger partial charge in [-0.3, -0.25) is 14.4 Å². The number of aryl methyl sites for hydroxylation is 2. The van der Waals surface area contributed by atoms with Gasteiger partial charge in [-0.25, -0.2) is 0 Å². The van der Waals surface area contributed by atoms with Crippen LogP contribution in [0.3, 0.4) is 0 Å². The van der Waals surface area contributed by atoms with E-state index in [1.165, 1.54) is 6.92 Å². The molecule has 0 heterocycles. The van der Waals surface area contributed by atoms with E-state index in [-0.39, 0.29) is 34.9 Å². The van der Waals surface area contributed by atoms with E-state index in [2.05, 4.69) is 16.0 Å². The average Bonchev–Trinajstić information content (AvgIpc) is 3.33. The predicted molar refractivity (Wildman–Crippen MR) is 188 cm³/mol. The molecule has 3 aromatic rings. The topological polar surface area (TPSA) is 133 Å². The van der Waals surface area contributed by atoms with Crippen molar-refractivity contribution in [1.29, 1.82) is 0 Å². The summed E-state index contributed by atoms with van der Waals surface area (Å²) >= 11 is 0. The van der Waals surface area contributed by atoms with Crippen molar-refractivity contribution in [3.8, 4) is 39.9 Å². The Hall–Kier alpha value is -4.93. The second kappa shape index (κ2) is 15.1. The van der Waals surface area contributed by atoms with Gasteiger partial charge in [-0.15, -0.1) is 0 Å². The van der Waals surface area contributed by atoms with E-state index in [1.807, 2.05) is 38.1 Å². The van der Waals surface area contributed by atoms with Crippen LogP contribution < -0.4 is 45.1 Å². The van der Waals surface area contributed by atoms with Gasteiger partial charge in [0.25, 0.3) is 0 Å². The van der Waals surface area contributed by atoms with Crippen molar-refractivity contribution < 1.29 is 33.3 Å². The Morgan fingerprint density at radius 2 is 1.39 bits per heavy atom. The fraction of sp³-hybridized carbons (Fsp3) is 0.447. The van der Waals surface area contributed by atoms with Crippen molar-refractivity contribution in [2.75, 3.05) is 40.9 Å². The highest BCUT2D eigenvalue weighted by Gasteiger charge is 2.33. The van der Waals surface area contributed by atoms with Crippen LogP contribution in [0.5, 0.6) is 28.7 Å². The molecule has 49 heavy (non-hydrogen) atoms. The van der Waals surface area contributed by atoms with Gasteiger partial charge in [-0.05, 0) is 89.8 Å². The van der Waals surface area contributed by atoms with Crippen molar-refractivity contribution >= 4 is 17.5 Å². The van der Waals surface area contributed by atoms with E-state index in [0.717, 1.165) is 35.1 Å². The first-order valence-corrected chi connectivity index (χ1v) is 16.7. The smallest absolute Gasteiger partial charge is 0.243 e. The lowest BCUT2D eigenvalue weighted by Gasteiger charge is -2.26. The van der Waals surface area contributed by atoms with Crippen LogP contribution in [0.2, 0.25) is 0 Å². The second-order valence-corrected chi connectivity index (χ2v) is 12.6. The number of anilines is 1. The van der Waals surface area contributed by atoms with E-state index in [9.17, 15) is 14.4 Å². The summed E-state index contributed by atoms with van der Waals surface area (Å²) in [7, 11) is 7.88. The minimum atomic E-state index is -0.693. The minimum Gasteiger partial charge on any atom is -0.493 e. The van der Waals surface area contributed by atoms with Crippen molar-refractivity contribution in [2.45, 2.75) is 71.0 Å². The van der Waals surface area contributed by atoms with Gasteiger partial charge < -0.3 is 39.6 Å². The molecule has 2 aliphatic rings. The number of hydrogen-bond acceptors (Lipinski definition) is 9. The van der Waals surface area contributed by atoms with Crippen molar-refractivity contribution in [2.24, 2.45) is 5.92 Å². The van der Waals surface area contributed by atoms with Gasteiger partial charge in [0.15, 0.2) is 23.0 Å². The number of fused-ring (bicyclic) bond motifs is 4. The molecule has 262 valence electrons. The van der Waals surface area contributed by atoms with Crippen molar-refractivity contribution in [3.63, 3.8) is 0 Å². The zero-order valence-electron chi connectivity index (χ0n) is 29.6. The highest BCUT2D eigenvalue weighted by atomic mass is 16.5. The number of ether oxygens (including phenoxy) is 5. The summed E-state index contributed by atoms with van der Waals surface area (Å²) in [5.41, 5.74) is 5.12. The summed E-state index contributed by atoms with van der Waals surface area (Å²) in [4.78, 5) is 40.4. The average molecular weight is 674 g/mol. The Bertz CT molecular complexity index is 1790. The molecule has 2 amide bonds. The molecule has 0 saturated heterocycles. The van der Waals surface area contributed by atoms with Crippen LogP contribution in [0.1, 0.15) is 74.4 Å². The normalized spacial score (nSPS) is 17.2. The molecule has 5 rings (SSSR count). The Morgan fingerprint density at radius 1 is 0.776 bits per heavy atom. The fourth-order valence-corrected chi connectivity index (χ4v) is 7.04. The molecule has 11 heteroatoms. The third-order valence-electron chi connectivity index (χ3n) is 9.76. The molecule has 0 bridgehead atoms. The molecule has 4 atom stereocenters. The molecular weight excluding hydrogens is 626 g/mol. The molecule has 0 spiro atoms. The quantitative estimate of drug-likeness (QED) is 0.228. The number of benzene rings is 2. The summed E-state index contributed by atoms with van der Waals surface area (Å²) in [6.45, 7) is 5.47. The van der Waals surface area contributed by atoms with Gasteiger partial charge in [-0.1, -0.05) is 26.3 Å².